The Morgan fingerprint density at radius 3 is 2.83 bits per heavy atom. The Bertz CT molecular complexity index is 608. The highest BCUT2D eigenvalue weighted by Crippen LogP contribution is 2.23. The van der Waals surface area contributed by atoms with E-state index in [1.807, 2.05) is 0 Å². The molecule has 0 atom stereocenters. The predicted octanol–water partition coefficient (Wildman–Crippen LogP) is 0.437. The lowest BCUT2D eigenvalue weighted by molar-refractivity contribution is -0.121. The molecule has 2 aromatic rings. The van der Waals surface area contributed by atoms with Gasteiger partial charge in [0.25, 0.3) is 5.89 Å². The fourth-order valence-electron chi connectivity index (χ4n) is 1.69. The number of nitrogens with zero attached hydrogens (tertiary/aromatic N) is 4. The molecule has 0 unspecified atom stereocenters. The number of aromatic nitrogens is 3. The van der Waals surface area contributed by atoms with Crippen molar-refractivity contribution in [3.05, 3.63) is 24.5 Å². The lowest BCUT2D eigenvalue weighted by atomic mass is 10.3. The first kappa shape index (κ1) is 10.6. The van der Waals surface area contributed by atoms with Crippen molar-refractivity contribution < 1.29 is 14.0 Å². The molecule has 0 aromatic carbocycles. The highest BCUT2D eigenvalue weighted by molar-refractivity contribution is 6.14. The molecule has 0 radical (unpaired) electrons. The minimum absolute atomic E-state index is 0.00644. The Balaban J connectivity index is 1.91. The van der Waals surface area contributed by atoms with Crippen LogP contribution in [0.1, 0.15) is 6.42 Å². The average Bonchev–Trinajstić information content (AvgIpc) is 2.97. The molecular formula is C11H8N4O3. The van der Waals surface area contributed by atoms with Crippen LogP contribution in [-0.4, -0.2) is 33.4 Å². The smallest absolute Gasteiger partial charge is 0.325 e. The summed E-state index contributed by atoms with van der Waals surface area (Å²) in [7, 11) is 0. The van der Waals surface area contributed by atoms with E-state index in [9.17, 15) is 9.59 Å². The highest BCUT2D eigenvalue weighted by Gasteiger charge is 2.32. The third-order valence-electron chi connectivity index (χ3n) is 2.54. The van der Waals surface area contributed by atoms with Crippen LogP contribution in [0.4, 0.5) is 6.01 Å². The van der Waals surface area contributed by atoms with Gasteiger partial charge in [-0.15, -0.1) is 5.10 Å². The molecule has 90 valence electrons. The molecule has 3 rings (SSSR count). The van der Waals surface area contributed by atoms with Crippen molar-refractivity contribution in [2.45, 2.75) is 6.42 Å². The van der Waals surface area contributed by atoms with Crippen LogP contribution in [0.5, 0.6) is 0 Å². The van der Waals surface area contributed by atoms with Crippen molar-refractivity contribution in [1.29, 1.82) is 0 Å². The third kappa shape index (κ3) is 1.75. The maximum atomic E-state index is 11.5. The van der Waals surface area contributed by atoms with Gasteiger partial charge in [0.2, 0.25) is 5.91 Å². The summed E-state index contributed by atoms with van der Waals surface area (Å²) >= 11 is 0. The lowest BCUT2D eigenvalue weighted by Crippen LogP contribution is -2.24. The van der Waals surface area contributed by atoms with Crippen LogP contribution in [-0.2, 0) is 9.59 Å². The molecule has 1 amide bonds. The number of carbonyl (C=O) groups is 2. The molecule has 2 aromatic heterocycles. The second-order valence-electron chi connectivity index (χ2n) is 3.83. The maximum Gasteiger partial charge on any atom is 0.325 e. The van der Waals surface area contributed by atoms with Gasteiger partial charge in [-0.25, -0.2) is 0 Å². The zero-order chi connectivity index (χ0) is 12.5. The second kappa shape index (κ2) is 4.02. The summed E-state index contributed by atoms with van der Waals surface area (Å²) in [5, 5.41) is 7.60. The number of hydrogen-bond donors (Lipinski definition) is 0. The number of anilines is 1. The van der Waals surface area contributed by atoms with Gasteiger partial charge in [0.15, 0.2) is 5.78 Å². The molecule has 1 fully saturated rings. The Kier molecular flexibility index (Phi) is 2.36. The molecule has 7 heteroatoms. The molecule has 0 saturated carbocycles. The average molecular weight is 244 g/mol. The number of hydrogen-bond acceptors (Lipinski definition) is 6. The van der Waals surface area contributed by atoms with Gasteiger partial charge in [0.05, 0.1) is 18.5 Å². The van der Waals surface area contributed by atoms with Crippen molar-refractivity contribution in [1.82, 2.24) is 15.2 Å². The molecule has 0 spiro atoms. The van der Waals surface area contributed by atoms with Crippen LogP contribution >= 0.6 is 0 Å². The van der Waals surface area contributed by atoms with Crippen molar-refractivity contribution >= 4 is 17.7 Å². The number of Topliss-reactive ketones (excluding diaryl/α,β-unsaturated/α-hetero) is 1. The summed E-state index contributed by atoms with van der Waals surface area (Å²) in [6.45, 7) is -0.00644. The van der Waals surface area contributed by atoms with E-state index in [-0.39, 0.29) is 36.6 Å². The van der Waals surface area contributed by atoms with Crippen molar-refractivity contribution in [3.63, 3.8) is 0 Å². The van der Waals surface area contributed by atoms with E-state index in [0.717, 1.165) is 0 Å². The number of carbonyl (C=O) groups excluding carboxylic acids is 2. The van der Waals surface area contributed by atoms with Crippen LogP contribution in [0.2, 0.25) is 0 Å². The van der Waals surface area contributed by atoms with Crippen LogP contribution < -0.4 is 4.90 Å². The van der Waals surface area contributed by atoms with E-state index in [4.69, 9.17) is 4.42 Å². The maximum absolute atomic E-state index is 11.5. The SMILES string of the molecule is O=C1CC(=O)N(c2nnc(-c3cccnc3)o2)C1. The van der Waals surface area contributed by atoms with Gasteiger partial charge in [-0.3, -0.25) is 19.5 Å². The van der Waals surface area contributed by atoms with Gasteiger partial charge >= 0.3 is 6.01 Å². The molecule has 7 nitrogen and oxygen atoms in total. The lowest BCUT2D eigenvalue weighted by Gasteiger charge is -2.06. The Labute approximate surface area is 101 Å². The number of ketones is 1. The third-order valence-corrected chi connectivity index (χ3v) is 2.54. The molecule has 3 heterocycles. The predicted molar refractivity (Wildman–Crippen MR) is 59.5 cm³/mol. The van der Waals surface area contributed by atoms with Crippen molar-refractivity contribution in [3.8, 4) is 11.5 Å². The molecular weight excluding hydrogens is 236 g/mol. The van der Waals surface area contributed by atoms with Crippen LogP contribution in [0.15, 0.2) is 28.9 Å². The fraction of sp³-hybridized carbons (Fsp3) is 0.182. The summed E-state index contributed by atoms with van der Waals surface area (Å²) in [6, 6.07) is 3.55. The molecule has 0 aliphatic carbocycles. The minimum Gasteiger partial charge on any atom is -0.403 e. The van der Waals surface area contributed by atoms with Crippen molar-refractivity contribution in [2.75, 3.05) is 11.4 Å². The number of pyridine rings is 1. The van der Waals surface area contributed by atoms with Gasteiger partial charge in [0, 0.05) is 12.4 Å². The Hall–Kier alpha value is -2.57. The van der Waals surface area contributed by atoms with E-state index in [0.29, 0.717) is 5.56 Å². The summed E-state index contributed by atoms with van der Waals surface area (Å²) in [6.07, 6.45) is 3.10. The Morgan fingerprint density at radius 2 is 2.17 bits per heavy atom. The fourth-order valence-corrected chi connectivity index (χ4v) is 1.69. The van der Waals surface area contributed by atoms with Crippen LogP contribution in [0, 0.1) is 0 Å². The van der Waals surface area contributed by atoms with E-state index < -0.39 is 0 Å². The molecule has 1 saturated heterocycles. The first-order chi connectivity index (χ1) is 8.74. The molecule has 1 aliphatic rings. The summed E-state index contributed by atoms with van der Waals surface area (Å²) in [4.78, 5) is 27.8. The molecule has 1 aliphatic heterocycles. The first-order valence-corrected chi connectivity index (χ1v) is 5.30. The number of amides is 1. The van der Waals surface area contributed by atoms with Gasteiger partial charge in [-0.1, -0.05) is 5.10 Å². The van der Waals surface area contributed by atoms with E-state index in [1.165, 1.54) is 4.90 Å². The van der Waals surface area contributed by atoms with E-state index in [1.54, 1.807) is 24.5 Å². The second-order valence-corrected chi connectivity index (χ2v) is 3.83. The van der Waals surface area contributed by atoms with E-state index >= 15 is 0 Å². The topological polar surface area (TPSA) is 89.2 Å². The summed E-state index contributed by atoms with van der Waals surface area (Å²) < 4.78 is 5.36. The zero-order valence-corrected chi connectivity index (χ0v) is 9.24. The standard InChI is InChI=1S/C11H8N4O3/c16-8-4-9(17)15(6-8)11-14-13-10(18-11)7-2-1-3-12-5-7/h1-3,5H,4,6H2. The molecule has 18 heavy (non-hydrogen) atoms. The van der Waals surface area contributed by atoms with Crippen molar-refractivity contribution in [2.24, 2.45) is 0 Å². The largest absolute Gasteiger partial charge is 0.403 e. The van der Waals surface area contributed by atoms with Gasteiger partial charge < -0.3 is 4.42 Å². The quantitative estimate of drug-likeness (QED) is 0.712. The van der Waals surface area contributed by atoms with Crippen LogP contribution in [0.3, 0.4) is 0 Å². The van der Waals surface area contributed by atoms with Crippen LogP contribution in [0.25, 0.3) is 11.5 Å². The highest BCUT2D eigenvalue weighted by atomic mass is 16.4. The Morgan fingerprint density at radius 1 is 1.28 bits per heavy atom. The van der Waals surface area contributed by atoms with Gasteiger partial charge in [0.1, 0.15) is 0 Å². The normalized spacial score (nSPS) is 15.4. The van der Waals surface area contributed by atoms with Gasteiger partial charge in [-0.05, 0) is 12.1 Å². The van der Waals surface area contributed by atoms with Gasteiger partial charge in [-0.2, -0.15) is 0 Å². The monoisotopic (exact) mass is 244 g/mol. The first-order valence-electron chi connectivity index (χ1n) is 5.30. The summed E-state index contributed by atoms with van der Waals surface area (Å²) in [5.41, 5.74) is 0.661. The molecule has 0 N–H and O–H groups in total. The minimum atomic E-state index is -0.318. The number of rotatable bonds is 2. The van der Waals surface area contributed by atoms with E-state index in [2.05, 4.69) is 15.2 Å². The zero-order valence-electron chi connectivity index (χ0n) is 9.24. The summed E-state index contributed by atoms with van der Waals surface area (Å²) in [5.74, 6) is -0.201. The molecule has 0 bridgehead atoms.